The fourth-order valence-electron chi connectivity index (χ4n) is 1.27. The van der Waals surface area contributed by atoms with Crippen LogP contribution in [0.15, 0.2) is 17.0 Å². The van der Waals surface area contributed by atoms with Gasteiger partial charge in [-0.1, -0.05) is 0 Å². The van der Waals surface area contributed by atoms with Crippen molar-refractivity contribution in [1.82, 2.24) is 4.72 Å². The van der Waals surface area contributed by atoms with Gasteiger partial charge in [-0.25, -0.2) is 17.2 Å². The molecule has 1 unspecified atom stereocenters. The van der Waals surface area contributed by atoms with Gasteiger partial charge >= 0.3 is 5.97 Å². The van der Waals surface area contributed by atoms with Crippen LogP contribution in [-0.4, -0.2) is 27.5 Å². The van der Waals surface area contributed by atoms with Gasteiger partial charge < -0.3 is 10.5 Å². The minimum absolute atomic E-state index is 0.354. The fourth-order valence-corrected chi connectivity index (χ4v) is 2.56. The predicted octanol–water partition coefficient (Wildman–Crippen LogP) is 0.387. The SMILES string of the molecule is COC(=O)C(C)NS(=O)(=O)c1cc(N)c(F)cc1F. The minimum Gasteiger partial charge on any atom is -0.468 e. The van der Waals surface area contributed by atoms with E-state index in [0.717, 1.165) is 7.11 Å². The van der Waals surface area contributed by atoms with E-state index >= 15 is 0 Å². The average molecular weight is 294 g/mol. The molecule has 0 amide bonds. The summed E-state index contributed by atoms with van der Waals surface area (Å²) in [4.78, 5) is 10.3. The molecule has 19 heavy (non-hydrogen) atoms. The summed E-state index contributed by atoms with van der Waals surface area (Å²) < 4.78 is 56.2. The maximum absolute atomic E-state index is 13.4. The Morgan fingerprint density at radius 2 is 1.95 bits per heavy atom. The standard InChI is InChI=1S/C10H12F2N2O4S/c1-5(10(15)18-2)14-19(16,17)9-4-8(13)6(11)3-7(9)12/h3-5,14H,13H2,1-2H3. The van der Waals surface area contributed by atoms with E-state index in [1.165, 1.54) is 6.92 Å². The average Bonchev–Trinajstić information content (AvgIpc) is 2.31. The van der Waals surface area contributed by atoms with Gasteiger partial charge in [0.2, 0.25) is 10.0 Å². The molecule has 0 bridgehead atoms. The van der Waals surface area contributed by atoms with Crippen molar-refractivity contribution in [3.05, 3.63) is 23.8 Å². The van der Waals surface area contributed by atoms with E-state index in [4.69, 9.17) is 5.73 Å². The lowest BCUT2D eigenvalue weighted by molar-refractivity contribution is -0.142. The highest BCUT2D eigenvalue weighted by atomic mass is 32.2. The highest BCUT2D eigenvalue weighted by Crippen LogP contribution is 2.21. The lowest BCUT2D eigenvalue weighted by Gasteiger charge is -2.13. The largest absolute Gasteiger partial charge is 0.468 e. The molecule has 0 heterocycles. The van der Waals surface area contributed by atoms with Gasteiger partial charge in [0.1, 0.15) is 22.6 Å². The van der Waals surface area contributed by atoms with Crippen molar-refractivity contribution >= 4 is 21.7 Å². The molecule has 0 spiro atoms. The van der Waals surface area contributed by atoms with Gasteiger partial charge in [0.05, 0.1) is 12.8 Å². The Kier molecular flexibility index (Phi) is 4.43. The van der Waals surface area contributed by atoms with Gasteiger partial charge in [-0.05, 0) is 13.0 Å². The van der Waals surface area contributed by atoms with Crippen LogP contribution in [0.5, 0.6) is 0 Å². The van der Waals surface area contributed by atoms with Gasteiger partial charge in [-0.2, -0.15) is 4.72 Å². The number of nitrogens with one attached hydrogen (secondary N) is 1. The van der Waals surface area contributed by atoms with Crippen molar-refractivity contribution < 1.29 is 26.7 Å². The fraction of sp³-hybridized carbons (Fsp3) is 0.300. The van der Waals surface area contributed by atoms with Crippen LogP contribution >= 0.6 is 0 Å². The number of halogens is 2. The second kappa shape index (κ2) is 5.49. The lowest BCUT2D eigenvalue weighted by Crippen LogP contribution is -2.39. The molecule has 1 atom stereocenters. The number of hydrogen-bond donors (Lipinski definition) is 2. The molecule has 3 N–H and O–H groups in total. The topological polar surface area (TPSA) is 98.5 Å². The Balaban J connectivity index is 3.14. The van der Waals surface area contributed by atoms with E-state index < -0.39 is 44.3 Å². The van der Waals surface area contributed by atoms with Gasteiger partial charge in [0.15, 0.2) is 0 Å². The number of carbonyl (C=O) groups is 1. The van der Waals surface area contributed by atoms with Crippen LogP contribution in [0.2, 0.25) is 0 Å². The summed E-state index contributed by atoms with van der Waals surface area (Å²) in [6.07, 6.45) is 0. The van der Waals surface area contributed by atoms with Gasteiger partial charge in [-0.15, -0.1) is 0 Å². The Hall–Kier alpha value is -1.74. The van der Waals surface area contributed by atoms with Crippen molar-refractivity contribution in [2.24, 2.45) is 0 Å². The second-order valence-corrected chi connectivity index (χ2v) is 5.35. The van der Waals surface area contributed by atoms with E-state index in [1.807, 2.05) is 4.72 Å². The first-order valence-corrected chi connectivity index (χ1v) is 6.52. The Bertz CT molecular complexity index is 604. The lowest BCUT2D eigenvalue weighted by atomic mass is 10.3. The molecule has 9 heteroatoms. The molecule has 106 valence electrons. The molecular weight excluding hydrogens is 282 g/mol. The number of esters is 1. The normalized spacial score (nSPS) is 13.1. The third-order valence-electron chi connectivity index (χ3n) is 2.23. The third-order valence-corrected chi connectivity index (χ3v) is 3.78. The highest BCUT2D eigenvalue weighted by Gasteiger charge is 2.26. The van der Waals surface area contributed by atoms with Crippen molar-refractivity contribution in [3.8, 4) is 0 Å². The first kappa shape index (κ1) is 15.3. The summed E-state index contributed by atoms with van der Waals surface area (Å²) in [5.74, 6) is -3.23. The highest BCUT2D eigenvalue weighted by molar-refractivity contribution is 7.89. The molecule has 0 aliphatic rings. The third kappa shape index (κ3) is 3.38. The van der Waals surface area contributed by atoms with Crippen molar-refractivity contribution in [2.45, 2.75) is 17.9 Å². The van der Waals surface area contributed by atoms with Crippen LogP contribution in [-0.2, 0) is 19.6 Å². The first-order chi connectivity index (χ1) is 8.69. The number of anilines is 1. The maximum Gasteiger partial charge on any atom is 0.323 e. The van der Waals surface area contributed by atoms with Gasteiger partial charge in [0, 0.05) is 6.07 Å². The number of sulfonamides is 1. The zero-order valence-electron chi connectivity index (χ0n) is 10.1. The number of carbonyl (C=O) groups excluding carboxylic acids is 1. The molecule has 1 aromatic carbocycles. The minimum atomic E-state index is -4.36. The van der Waals surface area contributed by atoms with Crippen LogP contribution < -0.4 is 10.5 Å². The van der Waals surface area contributed by atoms with Crippen molar-refractivity contribution in [2.75, 3.05) is 12.8 Å². The number of nitrogens with two attached hydrogens (primary N) is 1. The number of hydrogen-bond acceptors (Lipinski definition) is 5. The van der Waals surface area contributed by atoms with Gasteiger partial charge in [0.25, 0.3) is 0 Å². The van der Waals surface area contributed by atoms with Crippen LogP contribution in [0, 0.1) is 11.6 Å². The monoisotopic (exact) mass is 294 g/mol. The van der Waals surface area contributed by atoms with Crippen LogP contribution in [0.1, 0.15) is 6.92 Å². The Morgan fingerprint density at radius 1 is 1.37 bits per heavy atom. The Morgan fingerprint density at radius 3 is 2.47 bits per heavy atom. The number of benzene rings is 1. The summed E-state index contributed by atoms with van der Waals surface area (Å²) in [6.45, 7) is 1.22. The number of rotatable bonds is 4. The maximum atomic E-state index is 13.4. The molecule has 0 fully saturated rings. The second-order valence-electron chi connectivity index (χ2n) is 3.67. The molecule has 0 radical (unpaired) electrons. The smallest absolute Gasteiger partial charge is 0.323 e. The van der Waals surface area contributed by atoms with E-state index in [1.54, 1.807) is 0 Å². The van der Waals surface area contributed by atoms with Crippen LogP contribution in [0.25, 0.3) is 0 Å². The molecule has 1 rings (SSSR count). The van der Waals surface area contributed by atoms with E-state index in [0.29, 0.717) is 12.1 Å². The molecule has 0 saturated carbocycles. The number of nitrogen functional groups attached to an aromatic ring is 1. The van der Waals surface area contributed by atoms with Crippen LogP contribution in [0.4, 0.5) is 14.5 Å². The molecule has 0 saturated heterocycles. The summed E-state index contributed by atoms with van der Waals surface area (Å²) in [6, 6.07) is -0.232. The van der Waals surface area contributed by atoms with E-state index in [-0.39, 0.29) is 0 Å². The van der Waals surface area contributed by atoms with Gasteiger partial charge in [-0.3, -0.25) is 4.79 Å². The zero-order valence-corrected chi connectivity index (χ0v) is 10.9. The summed E-state index contributed by atoms with van der Waals surface area (Å²) in [7, 11) is -3.28. The molecule has 0 aliphatic heterocycles. The van der Waals surface area contributed by atoms with E-state index in [9.17, 15) is 22.0 Å². The predicted molar refractivity (Wildman–Crippen MR) is 62.6 cm³/mol. The molecule has 0 aliphatic carbocycles. The molecule has 1 aromatic rings. The number of methoxy groups -OCH3 is 1. The number of ether oxygens (including phenoxy) is 1. The van der Waals surface area contributed by atoms with Crippen molar-refractivity contribution in [1.29, 1.82) is 0 Å². The molecule has 6 nitrogen and oxygen atoms in total. The zero-order chi connectivity index (χ0) is 14.8. The van der Waals surface area contributed by atoms with Crippen LogP contribution in [0.3, 0.4) is 0 Å². The first-order valence-electron chi connectivity index (χ1n) is 5.03. The molecule has 0 aromatic heterocycles. The summed E-state index contributed by atoms with van der Waals surface area (Å²) in [5.41, 5.74) is 4.66. The van der Waals surface area contributed by atoms with Crippen molar-refractivity contribution in [3.63, 3.8) is 0 Å². The van der Waals surface area contributed by atoms with E-state index in [2.05, 4.69) is 4.74 Å². The summed E-state index contributed by atoms with van der Waals surface area (Å²) >= 11 is 0. The molecular formula is C10H12F2N2O4S. The Labute approximate surface area is 108 Å². The summed E-state index contributed by atoms with van der Waals surface area (Å²) in [5, 5.41) is 0. The quantitative estimate of drug-likeness (QED) is 0.618.